The number of rotatable bonds is 3. The smallest absolute Gasteiger partial charge is 0.235 e. The van der Waals surface area contributed by atoms with Crippen molar-refractivity contribution in [2.45, 2.75) is 20.4 Å². The van der Waals surface area contributed by atoms with E-state index < -0.39 is 0 Å². The summed E-state index contributed by atoms with van der Waals surface area (Å²) >= 11 is 3.47. The number of isocyanates is 1. The molecule has 0 fully saturated rings. The molecule has 0 N–H and O–H groups in total. The number of hydrogen-bond acceptors (Lipinski definition) is 3. The van der Waals surface area contributed by atoms with Crippen LogP contribution in [0.15, 0.2) is 15.5 Å². The molecule has 0 amide bonds. The maximum Gasteiger partial charge on any atom is 0.235 e. The van der Waals surface area contributed by atoms with E-state index in [1.807, 2.05) is 19.9 Å². The molecule has 0 saturated heterocycles. The second-order valence-electron chi connectivity index (χ2n) is 3.23. The Labute approximate surface area is 97.3 Å². The Morgan fingerprint density at radius 2 is 2.20 bits per heavy atom. The van der Waals surface area contributed by atoms with Crippen LogP contribution in [-0.4, -0.2) is 13.2 Å². The summed E-state index contributed by atoms with van der Waals surface area (Å²) in [6.45, 7) is 4.31. The molecule has 0 heterocycles. The normalized spacial score (nSPS) is 9.60. The predicted molar refractivity (Wildman–Crippen MR) is 62.0 cm³/mol. The van der Waals surface area contributed by atoms with Gasteiger partial charge in [-0.05, 0) is 40.9 Å². The van der Waals surface area contributed by atoms with Crippen molar-refractivity contribution in [2.24, 2.45) is 4.99 Å². The molecular formula is C11H12BrNO2. The van der Waals surface area contributed by atoms with Crippen LogP contribution in [0.25, 0.3) is 0 Å². The van der Waals surface area contributed by atoms with E-state index in [0.717, 1.165) is 26.9 Å². The van der Waals surface area contributed by atoms with Crippen molar-refractivity contribution < 1.29 is 9.53 Å². The Kier molecular flexibility index (Phi) is 4.06. The molecule has 15 heavy (non-hydrogen) atoms. The lowest BCUT2D eigenvalue weighted by molar-refractivity contribution is 0.406. The number of benzene rings is 1. The number of carbonyl (C=O) groups excluding carboxylic acids is 1. The Bertz CT molecular complexity index is 423. The number of aryl methyl sites for hydroxylation is 1. The summed E-state index contributed by atoms with van der Waals surface area (Å²) in [6, 6.07) is 1.97. The van der Waals surface area contributed by atoms with Crippen molar-refractivity contribution >= 4 is 22.0 Å². The van der Waals surface area contributed by atoms with Gasteiger partial charge in [0.25, 0.3) is 0 Å². The van der Waals surface area contributed by atoms with Crippen LogP contribution >= 0.6 is 15.9 Å². The Balaban J connectivity index is 3.31. The van der Waals surface area contributed by atoms with E-state index in [1.165, 1.54) is 6.08 Å². The van der Waals surface area contributed by atoms with Crippen LogP contribution < -0.4 is 4.74 Å². The molecule has 1 rings (SSSR count). The van der Waals surface area contributed by atoms with Gasteiger partial charge in [-0.2, -0.15) is 0 Å². The van der Waals surface area contributed by atoms with E-state index in [-0.39, 0.29) is 0 Å². The number of halogens is 1. The average molecular weight is 270 g/mol. The van der Waals surface area contributed by atoms with Gasteiger partial charge in [0.15, 0.2) is 0 Å². The minimum Gasteiger partial charge on any atom is -0.495 e. The summed E-state index contributed by atoms with van der Waals surface area (Å²) < 4.78 is 6.19. The summed E-state index contributed by atoms with van der Waals surface area (Å²) in [7, 11) is 1.60. The first-order valence-electron chi connectivity index (χ1n) is 4.48. The number of methoxy groups -OCH3 is 1. The SMILES string of the molecule is COc1c(CN=C=O)cc(C)c(C)c1Br. The highest BCUT2D eigenvalue weighted by Gasteiger charge is 2.11. The summed E-state index contributed by atoms with van der Waals surface area (Å²) in [5.41, 5.74) is 3.15. The highest BCUT2D eigenvalue weighted by atomic mass is 79.9. The van der Waals surface area contributed by atoms with Crippen LogP contribution in [0, 0.1) is 13.8 Å². The van der Waals surface area contributed by atoms with Crippen LogP contribution in [-0.2, 0) is 11.3 Å². The minimum atomic E-state index is 0.298. The summed E-state index contributed by atoms with van der Waals surface area (Å²) in [5, 5.41) is 0. The van der Waals surface area contributed by atoms with Gasteiger partial charge >= 0.3 is 0 Å². The second-order valence-corrected chi connectivity index (χ2v) is 4.03. The third-order valence-electron chi connectivity index (χ3n) is 2.32. The van der Waals surface area contributed by atoms with Crippen molar-refractivity contribution in [1.29, 1.82) is 0 Å². The molecule has 0 spiro atoms. The maximum atomic E-state index is 10.1. The van der Waals surface area contributed by atoms with Crippen molar-refractivity contribution in [3.05, 3.63) is 27.2 Å². The molecule has 1 aromatic carbocycles. The fraction of sp³-hybridized carbons (Fsp3) is 0.364. The van der Waals surface area contributed by atoms with Gasteiger partial charge in [0.05, 0.1) is 18.1 Å². The lowest BCUT2D eigenvalue weighted by atomic mass is 10.1. The third-order valence-corrected chi connectivity index (χ3v) is 3.28. The summed E-state index contributed by atoms with van der Waals surface area (Å²) in [5.74, 6) is 0.733. The van der Waals surface area contributed by atoms with Crippen molar-refractivity contribution in [1.82, 2.24) is 0 Å². The Morgan fingerprint density at radius 1 is 1.53 bits per heavy atom. The largest absolute Gasteiger partial charge is 0.495 e. The van der Waals surface area contributed by atoms with Crippen molar-refractivity contribution in [2.75, 3.05) is 7.11 Å². The molecule has 0 radical (unpaired) electrons. The van der Waals surface area contributed by atoms with Gasteiger partial charge < -0.3 is 4.74 Å². The van der Waals surface area contributed by atoms with E-state index in [4.69, 9.17) is 4.74 Å². The maximum absolute atomic E-state index is 10.1. The zero-order chi connectivity index (χ0) is 11.4. The van der Waals surface area contributed by atoms with Gasteiger partial charge in [-0.15, -0.1) is 0 Å². The molecule has 0 saturated carbocycles. The first-order chi connectivity index (χ1) is 7.11. The molecule has 0 unspecified atom stereocenters. The van der Waals surface area contributed by atoms with Crippen molar-refractivity contribution in [3.8, 4) is 5.75 Å². The van der Waals surface area contributed by atoms with Gasteiger partial charge in [0.1, 0.15) is 5.75 Å². The van der Waals surface area contributed by atoms with Crippen LogP contribution in [0.1, 0.15) is 16.7 Å². The lowest BCUT2D eigenvalue weighted by Gasteiger charge is -2.13. The highest BCUT2D eigenvalue weighted by Crippen LogP contribution is 2.34. The summed E-state index contributed by atoms with van der Waals surface area (Å²) in [6.07, 6.45) is 1.53. The van der Waals surface area contributed by atoms with Crippen LogP contribution in [0.4, 0.5) is 0 Å². The fourth-order valence-corrected chi connectivity index (χ4v) is 2.10. The topological polar surface area (TPSA) is 38.7 Å². The van der Waals surface area contributed by atoms with E-state index in [1.54, 1.807) is 7.11 Å². The molecule has 80 valence electrons. The Hall–Kier alpha value is -1.12. The summed E-state index contributed by atoms with van der Waals surface area (Å²) in [4.78, 5) is 13.6. The molecular weight excluding hydrogens is 258 g/mol. The molecule has 4 heteroatoms. The average Bonchev–Trinajstić information content (AvgIpc) is 2.23. The number of nitrogens with zero attached hydrogens (tertiary/aromatic N) is 1. The number of ether oxygens (including phenoxy) is 1. The fourth-order valence-electron chi connectivity index (χ4n) is 1.38. The zero-order valence-corrected chi connectivity index (χ0v) is 10.5. The van der Waals surface area contributed by atoms with Crippen LogP contribution in [0.3, 0.4) is 0 Å². The van der Waals surface area contributed by atoms with Gasteiger partial charge in [-0.1, -0.05) is 6.07 Å². The zero-order valence-electron chi connectivity index (χ0n) is 8.93. The molecule has 0 atom stereocenters. The molecule has 0 aliphatic rings. The Morgan fingerprint density at radius 3 is 2.73 bits per heavy atom. The van der Waals surface area contributed by atoms with Crippen LogP contribution in [0.5, 0.6) is 5.75 Å². The van der Waals surface area contributed by atoms with Crippen molar-refractivity contribution in [3.63, 3.8) is 0 Å². The van der Waals surface area contributed by atoms with Gasteiger partial charge in [0, 0.05) is 5.56 Å². The number of hydrogen-bond donors (Lipinski definition) is 0. The molecule has 0 bridgehead atoms. The third kappa shape index (κ3) is 2.46. The lowest BCUT2D eigenvalue weighted by Crippen LogP contribution is -1.96. The van der Waals surface area contributed by atoms with Gasteiger partial charge in [-0.25, -0.2) is 9.79 Å². The molecule has 0 aliphatic carbocycles. The predicted octanol–water partition coefficient (Wildman–Crippen LogP) is 2.91. The molecule has 0 aromatic heterocycles. The first kappa shape index (κ1) is 12.0. The van der Waals surface area contributed by atoms with Gasteiger partial charge in [-0.3, -0.25) is 0 Å². The highest BCUT2D eigenvalue weighted by molar-refractivity contribution is 9.10. The van der Waals surface area contributed by atoms with Crippen LogP contribution in [0.2, 0.25) is 0 Å². The van der Waals surface area contributed by atoms with Gasteiger partial charge in [0.2, 0.25) is 6.08 Å². The number of aliphatic imine (C=N–C) groups is 1. The van der Waals surface area contributed by atoms with E-state index in [0.29, 0.717) is 6.54 Å². The standard InChI is InChI=1S/C11H12BrNO2/c1-7-4-9(5-13-6-14)11(15-3)10(12)8(7)2/h4H,5H2,1-3H3. The van der Waals surface area contributed by atoms with E-state index in [2.05, 4.69) is 20.9 Å². The first-order valence-corrected chi connectivity index (χ1v) is 5.27. The van der Waals surface area contributed by atoms with E-state index in [9.17, 15) is 4.79 Å². The molecule has 0 aliphatic heterocycles. The quantitative estimate of drug-likeness (QED) is 0.625. The molecule has 3 nitrogen and oxygen atoms in total. The van der Waals surface area contributed by atoms with E-state index >= 15 is 0 Å². The second kappa shape index (κ2) is 5.10. The molecule has 1 aromatic rings. The minimum absolute atomic E-state index is 0.298. The monoisotopic (exact) mass is 269 g/mol.